The fourth-order valence-electron chi connectivity index (χ4n) is 2.72. The quantitative estimate of drug-likeness (QED) is 0.788. The van der Waals surface area contributed by atoms with Gasteiger partial charge in [-0.05, 0) is 51.6 Å². The van der Waals surface area contributed by atoms with Gasteiger partial charge in [0.1, 0.15) is 0 Å². The number of nitrogens with zero attached hydrogens (tertiary/aromatic N) is 1. The SMILES string of the molecule is CSC1CCN(CC(=O)c2ccc(C)cc2C)CC1. The molecule has 0 spiro atoms. The van der Waals surface area contributed by atoms with Crippen molar-refractivity contribution in [1.82, 2.24) is 4.90 Å². The molecule has 0 atom stereocenters. The molecule has 3 heteroatoms. The molecular weight excluding hydrogens is 254 g/mol. The number of piperidine rings is 1. The maximum absolute atomic E-state index is 12.3. The van der Waals surface area contributed by atoms with E-state index in [2.05, 4.69) is 24.1 Å². The molecule has 1 saturated heterocycles. The first-order chi connectivity index (χ1) is 9.10. The van der Waals surface area contributed by atoms with Crippen molar-refractivity contribution in [1.29, 1.82) is 0 Å². The van der Waals surface area contributed by atoms with Crippen molar-refractivity contribution in [2.75, 3.05) is 25.9 Å². The van der Waals surface area contributed by atoms with Gasteiger partial charge >= 0.3 is 0 Å². The summed E-state index contributed by atoms with van der Waals surface area (Å²) in [5.74, 6) is 0.264. The zero-order valence-electron chi connectivity index (χ0n) is 12.1. The van der Waals surface area contributed by atoms with Crippen LogP contribution in [0.5, 0.6) is 0 Å². The number of likely N-dealkylation sites (tertiary alicyclic amines) is 1. The second-order valence-corrected chi connectivity index (χ2v) is 6.59. The third kappa shape index (κ3) is 3.83. The highest BCUT2D eigenvalue weighted by Gasteiger charge is 2.21. The van der Waals surface area contributed by atoms with E-state index in [1.165, 1.54) is 18.4 Å². The van der Waals surface area contributed by atoms with Crippen molar-refractivity contribution >= 4 is 17.5 Å². The number of aryl methyl sites for hydroxylation is 2. The van der Waals surface area contributed by atoms with Crippen molar-refractivity contribution in [3.05, 3.63) is 34.9 Å². The number of rotatable bonds is 4. The second-order valence-electron chi connectivity index (χ2n) is 5.45. The lowest BCUT2D eigenvalue weighted by Crippen LogP contribution is -2.38. The number of thioether (sulfide) groups is 1. The van der Waals surface area contributed by atoms with Gasteiger partial charge in [0.15, 0.2) is 5.78 Å². The summed E-state index contributed by atoms with van der Waals surface area (Å²) in [5, 5.41) is 0.785. The summed E-state index contributed by atoms with van der Waals surface area (Å²) < 4.78 is 0. The van der Waals surface area contributed by atoms with Crippen molar-refractivity contribution in [2.24, 2.45) is 0 Å². The Morgan fingerprint density at radius 3 is 2.58 bits per heavy atom. The third-order valence-corrected chi connectivity index (χ3v) is 5.06. The van der Waals surface area contributed by atoms with Gasteiger partial charge in [-0.3, -0.25) is 9.69 Å². The Bertz CT molecular complexity index is 450. The number of ketones is 1. The molecule has 0 radical (unpaired) electrons. The number of hydrogen-bond acceptors (Lipinski definition) is 3. The molecule has 1 fully saturated rings. The predicted molar refractivity (Wildman–Crippen MR) is 83.2 cm³/mol. The van der Waals surface area contributed by atoms with Gasteiger partial charge in [0, 0.05) is 10.8 Å². The Balaban J connectivity index is 1.94. The summed E-state index contributed by atoms with van der Waals surface area (Å²) in [6, 6.07) is 6.09. The van der Waals surface area contributed by atoms with Gasteiger partial charge in [-0.25, -0.2) is 0 Å². The molecule has 19 heavy (non-hydrogen) atoms. The van der Waals surface area contributed by atoms with Crippen LogP contribution in [0.3, 0.4) is 0 Å². The van der Waals surface area contributed by atoms with E-state index in [0.717, 1.165) is 29.5 Å². The fourth-order valence-corrected chi connectivity index (χ4v) is 3.40. The lowest BCUT2D eigenvalue weighted by molar-refractivity contribution is 0.0916. The Labute approximate surface area is 120 Å². The molecule has 1 heterocycles. The van der Waals surface area contributed by atoms with Gasteiger partial charge < -0.3 is 0 Å². The van der Waals surface area contributed by atoms with Gasteiger partial charge in [-0.1, -0.05) is 23.8 Å². The Morgan fingerprint density at radius 2 is 2.00 bits per heavy atom. The molecule has 0 N–H and O–H groups in total. The van der Waals surface area contributed by atoms with Crippen LogP contribution < -0.4 is 0 Å². The van der Waals surface area contributed by atoms with Crippen LogP contribution in [0.2, 0.25) is 0 Å². The lowest BCUT2D eigenvalue weighted by Gasteiger charge is -2.30. The molecule has 1 aliphatic rings. The predicted octanol–water partition coefficient (Wildman–Crippen LogP) is 3.31. The van der Waals surface area contributed by atoms with E-state index in [1.54, 1.807) is 0 Å². The normalized spacial score (nSPS) is 17.6. The maximum Gasteiger partial charge on any atom is 0.177 e. The van der Waals surface area contributed by atoms with E-state index in [1.807, 2.05) is 30.8 Å². The topological polar surface area (TPSA) is 20.3 Å². The van der Waals surface area contributed by atoms with Crippen molar-refractivity contribution in [3.8, 4) is 0 Å². The summed E-state index contributed by atoms with van der Waals surface area (Å²) in [7, 11) is 0. The molecule has 2 rings (SSSR count). The van der Waals surface area contributed by atoms with Crippen LogP contribution in [0, 0.1) is 13.8 Å². The Morgan fingerprint density at radius 1 is 1.32 bits per heavy atom. The molecule has 2 nitrogen and oxygen atoms in total. The number of Topliss-reactive ketones (excluding diaryl/α,β-unsaturated/α-hetero) is 1. The number of hydrogen-bond donors (Lipinski definition) is 0. The number of carbonyl (C=O) groups excluding carboxylic acids is 1. The van der Waals surface area contributed by atoms with E-state index in [4.69, 9.17) is 0 Å². The molecule has 0 aliphatic carbocycles. The highest BCUT2D eigenvalue weighted by Crippen LogP contribution is 2.21. The monoisotopic (exact) mass is 277 g/mol. The molecule has 1 aromatic rings. The summed E-state index contributed by atoms with van der Waals surface area (Å²) in [4.78, 5) is 14.6. The standard InChI is InChI=1S/C16H23NOS/c1-12-4-5-15(13(2)10-12)16(18)11-17-8-6-14(19-3)7-9-17/h4-5,10,14H,6-9,11H2,1-3H3. The molecule has 0 bridgehead atoms. The highest BCUT2D eigenvalue weighted by molar-refractivity contribution is 7.99. The molecule has 104 valence electrons. The molecule has 0 aromatic heterocycles. The minimum atomic E-state index is 0.264. The van der Waals surface area contributed by atoms with Gasteiger partial charge in [0.25, 0.3) is 0 Å². The van der Waals surface area contributed by atoms with Crippen molar-refractivity contribution in [3.63, 3.8) is 0 Å². The van der Waals surface area contributed by atoms with E-state index in [0.29, 0.717) is 6.54 Å². The van der Waals surface area contributed by atoms with Crippen LogP contribution in [0.15, 0.2) is 18.2 Å². The Kier molecular flexibility index (Phi) is 5.06. The van der Waals surface area contributed by atoms with Gasteiger partial charge in [-0.15, -0.1) is 0 Å². The minimum Gasteiger partial charge on any atom is -0.296 e. The largest absolute Gasteiger partial charge is 0.296 e. The zero-order valence-corrected chi connectivity index (χ0v) is 12.9. The lowest BCUT2D eigenvalue weighted by atomic mass is 10.0. The van der Waals surface area contributed by atoms with Gasteiger partial charge in [0.05, 0.1) is 6.54 Å². The first-order valence-corrected chi connectivity index (χ1v) is 8.24. The molecule has 0 saturated carbocycles. The van der Waals surface area contributed by atoms with Gasteiger partial charge in [-0.2, -0.15) is 11.8 Å². The molecule has 0 unspecified atom stereocenters. The van der Waals surface area contributed by atoms with Crippen LogP contribution >= 0.6 is 11.8 Å². The smallest absolute Gasteiger partial charge is 0.177 e. The number of carbonyl (C=O) groups is 1. The first-order valence-electron chi connectivity index (χ1n) is 6.95. The van der Waals surface area contributed by atoms with E-state index < -0.39 is 0 Å². The molecule has 1 aromatic carbocycles. The van der Waals surface area contributed by atoms with E-state index in [9.17, 15) is 4.79 Å². The molecule has 1 aliphatic heterocycles. The van der Waals surface area contributed by atoms with E-state index >= 15 is 0 Å². The number of benzene rings is 1. The van der Waals surface area contributed by atoms with Gasteiger partial charge in [0.2, 0.25) is 0 Å². The van der Waals surface area contributed by atoms with Crippen molar-refractivity contribution in [2.45, 2.75) is 31.9 Å². The second kappa shape index (κ2) is 6.58. The van der Waals surface area contributed by atoms with Crippen LogP contribution in [-0.2, 0) is 0 Å². The highest BCUT2D eigenvalue weighted by atomic mass is 32.2. The Hall–Kier alpha value is -0.800. The summed E-state index contributed by atoms with van der Waals surface area (Å²) in [6.07, 6.45) is 4.60. The third-order valence-electron chi connectivity index (χ3n) is 3.92. The molecular formula is C16H23NOS. The average molecular weight is 277 g/mol. The summed E-state index contributed by atoms with van der Waals surface area (Å²) >= 11 is 1.96. The maximum atomic E-state index is 12.3. The zero-order chi connectivity index (χ0) is 13.8. The minimum absolute atomic E-state index is 0.264. The summed E-state index contributed by atoms with van der Waals surface area (Å²) in [6.45, 7) is 6.78. The van der Waals surface area contributed by atoms with Crippen LogP contribution in [0.1, 0.15) is 34.3 Å². The summed E-state index contributed by atoms with van der Waals surface area (Å²) in [5.41, 5.74) is 3.21. The fraction of sp³-hybridized carbons (Fsp3) is 0.562. The van der Waals surface area contributed by atoms with Crippen molar-refractivity contribution < 1.29 is 4.79 Å². The van der Waals surface area contributed by atoms with Crippen LogP contribution in [-0.4, -0.2) is 41.8 Å². The molecule has 0 amide bonds. The first kappa shape index (κ1) is 14.6. The van der Waals surface area contributed by atoms with Crippen LogP contribution in [0.25, 0.3) is 0 Å². The van der Waals surface area contributed by atoms with E-state index in [-0.39, 0.29) is 5.78 Å². The van der Waals surface area contributed by atoms with Crippen LogP contribution in [0.4, 0.5) is 0 Å². The average Bonchev–Trinajstić information content (AvgIpc) is 2.39.